The van der Waals surface area contributed by atoms with Crippen molar-refractivity contribution in [2.75, 3.05) is 0 Å². The van der Waals surface area contributed by atoms with Gasteiger partial charge in [-0.05, 0) is 48.2 Å². The topological polar surface area (TPSA) is 66.4 Å². The zero-order valence-corrected chi connectivity index (χ0v) is 18.7. The Morgan fingerprint density at radius 2 is 1.70 bits per heavy atom. The SMILES string of the molecule is O=C(CCC1CCCC1)NC(=Cc1ccc(Sc2c(Cl)cccc2Cl)cc1)C(=O)O. The molecule has 30 heavy (non-hydrogen) atoms. The Kier molecular flexibility index (Phi) is 8.25. The van der Waals surface area contributed by atoms with Gasteiger partial charge in [0.1, 0.15) is 5.70 Å². The molecule has 1 amide bonds. The summed E-state index contributed by atoms with van der Waals surface area (Å²) in [5.74, 6) is -0.828. The maximum Gasteiger partial charge on any atom is 0.352 e. The summed E-state index contributed by atoms with van der Waals surface area (Å²) >= 11 is 13.9. The minimum absolute atomic E-state index is 0.124. The van der Waals surface area contributed by atoms with Crippen LogP contribution in [0.15, 0.2) is 58.0 Å². The molecule has 0 unspecified atom stereocenters. The normalized spacial score (nSPS) is 14.7. The van der Waals surface area contributed by atoms with Crippen molar-refractivity contribution >= 4 is 52.9 Å². The molecular formula is C23H23Cl2NO3S. The van der Waals surface area contributed by atoms with Crippen molar-refractivity contribution in [3.63, 3.8) is 0 Å². The third-order valence-electron chi connectivity index (χ3n) is 5.09. The quantitative estimate of drug-likeness (QED) is 0.429. The van der Waals surface area contributed by atoms with E-state index in [0.717, 1.165) is 16.2 Å². The van der Waals surface area contributed by atoms with Gasteiger partial charge in [0.05, 0.1) is 10.0 Å². The molecule has 3 rings (SSSR count). The first kappa shape index (κ1) is 22.7. The lowest BCUT2D eigenvalue weighted by atomic mass is 10.0. The van der Waals surface area contributed by atoms with E-state index in [1.807, 2.05) is 12.1 Å². The Balaban J connectivity index is 1.63. The number of nitrogens with one attached hydrogen (secondary N) is 1. The van der Waals surface area contributed by atoms with E-state index in [1.54, 1.807) is 30.3 Å². The first-order chi connectivity index (χ1) is 14.4. The number of aliphatic carboxylic acids is 1. The fraction of sp³-hybridized carbons (Fsp3) is 0.304. The molecule has 0 radical (unpaired) electrons. The summed E-state index contributed by atoms with van der Waals surface area (Å²) < 4.78 is 0. The molecule has 1 fully saturated rings. The summed E-state index contributed by atoms with van der Waals surface area (Å²) in [7, 11) is 0. The highest BCUT2D eigenvalue weighted by Crippen LogP contribution is 2.38. The summed E-state index contributed by atoms with van der Waals surface area (Å²) in [6.45, 7) is 0. The zero-order valence-electron chi connectivity index (χ0n) is 16.4. The van der Waals surface area contributed by atoms with Crippen LogP contribution in [0.4, 0.5) is 0 Å². The number of carbonyl (C=O) groups is 2. The number of amides is 1. The number of hydrogen-bond donors (Lipinski definition) is 2. The van der Waals surface area contributed by atoms with Crippen LogP contribution >= 0.6 is 35.0 Å². The van der Waals surface area contributed by atoms with Crippen LogP contribution in [-0.4, -0.2) is 17.0 Å². The van der Waals surface area contributed by atoms with Crippen LogP contribution in [0.3, 0.4) is 0 Å². The van der Waals surface area contributed by atoms with Gasteiger partial charge in [-0.25, -0.2) is 4.79 Å². The van der Waals surface area contributed by atoms with Crippen LogP contribution < -0.4 is 5.32 Å². The molecule has 1 saturated carbocycles. The molecule has 2 aromatic rings. The standard InChI is InChI=1S/C23H23Cl2NO3S/c24-18-6-3-7-19(25)22(18)30-17-11-8-16(9-12-17)14-20(23(28)29)26-21(27)13-10-15-4-1-2-5-15/h3,6-9,11-12,14-15H,1-2,4-5,10,13H2,(H,26,27)(H,28,29). The van der Waals surface area contributed by atoms with Gasteiger partial charge in [0.2, 0.25) is 5.91 Å². The molecule has 158 valence electrons. The predicted octanol–water partition coefficient (Wildman–Crippen LogP) is 6.66. The van der Waals surface area contributed by atoms with Crippen molar-refractivity contribution in [2.45, 2.75) is 48.3 Å². The van der Waals surface area contributed by atoms with E-state index in [2.05, 4.69) is 5.32 Å². The van der Waals surface area contributed by atoms with Gasteiger partial charge in [-0.1, -0.05) is 78.8 Å². The highest BCUT2D eigenvalue weighted by Gasteiger charge is 2.18. The molecule has 0 spiro atoms. The molecule has 2 N–H and O–H groups in total. The molecule has 0 atom stereocenters. The van der Waals surface area contributed by atoms with Gasteiger partial charge < -0.3 is 10.4 Å². The maximum absolute atomic E-state index is 12.2. The van der Waals surface area contributed by atoms with Crippen LogP contribution in [0.5, 0.6) is 0 Å². The van der Waals surface area contributed by atoms with Gasteiger partial charge in [-0.3, -0.25) is 4.79 Å². The van der Waals surface area contributed by atoms with Crippen molar-refractivity contribution in [1.82, 2.24) is 5.32 Å². The zero-order chi connectivity index (χ0) is 21.5. The molecule has 0 heterocycles. The Bertz CT molecular complexity index is 918. The van der Waals surface area contributed by atoms with E-state index in [0.29, 0.717) is 27.9 Å². The lowest BCUT2D eigenvalue weighted by molar-refractivity contribution is -0.134. The fourth-order valence-electron chi connectivity index (χ4n) is 3.49. The monoisotopic (exact) mass is 463 g/mol. The molecule has 0 aromatic heterocycles. The third kappa shape index (κ3) is 6.53. The van der Waals surface area contributed by atoms with Gasteiger partial charge in [-0.15, -0.1) is 0 Å². The molecule has 1 aliphatic rings. The lowest BCUT2D eigenvalue weighted by Gasteiger charge is -2.10. The maximum atomic E-state index is 12.2. The van der Waals surface area contributed by atoms with Gasteiger partial charge in [-0.2, -0.15) is 0 Å². The van der Waals surface area contributed by atoms with E-state index in [1.165, 1.54) is 43.5 Å². The number of carboxylic acids is 1. The van der Waals surface area contributed by atoms with Gasteiger partial charge in [0.25, 0.3) is 0 Å². The Hall–Kier alpha value is -1.95. The molecule has 0 saturated heterocycles. The second-order valence-corrected chi connectivity index (χ2v) is 9.22. The number of hydrogen-bond acceptors (Lipinski definition) is 3. The van der Waals surface area contributed by atoms with Gasteiger partial charge in [0, 0.05) is 16.2 Å². The van der Waals surface area contributed by atoms with E-state index in [9.17, 15) is 14.7 Å². The van der Waals surface area contributed by atoms with Crippen LogP contribution in [0.25, 0.3) is 6.08 Å². The highest BCUT2D eigenvalue weighted by molar-refractivity contribution is 7.99. The van der Waals surface area contributed by atoms with E-state index in [-0.39, 0.29) is 11.6 Å². The van der Waals surface area contributed by atoms with E-state index in [4.69, 9.17) is 23.2 Å². The predicted molar refractivity (Wildman–Crippen MR) is 122 cm³/mol. The number of benzene rings is 2. The molecule has 0 aliphatic heterocycles. The number of halogens is 2. The first-order valence-electron chi connectivity index (χ1n) is 9.89. The average Bonchev–Trinajstić information content (AvgIpc) is 3.23. The molecule has 1 aliphatic carbocycles. The molecule has 2 aromatic carbocycles. The Morgan fingerprint density at radius 3 is 2.30 bits per heavy atom. The smallest absolute Gasteiger partial charge is 0.352 e. The van der Waals surface area contributed by atoms with Gasteiger partial charge >= 0.3 is 5.97 Å². The van der Waals surface area contributed by atoms with Crippen LogP contribution in [0.1, 0.15) is 44.1 Å². The van der Waals surface area contributed by atoms with Crippen molar-refractivity contribution in [3.05, 3.63) is 63.8 Å². The van der Waals surface area contributed by atoms with Crippen LogP contribution in [0.2, 0.25) is 10.0 Å². The second-order valence-electron chi connectivity index (χ2n) is 7.32. The highest BCUT2D eigenvalue weighted by atomic mass is 35.5. The fourth-order valence-corrected chi connectivity index (χ4v) is 4.96. The summed E-state index contributed by atoms with van der Waals surface area (Å²) in [5.41, 5.74) is 0.555. The molecule has 7 heteroatoms. The van der Waals surface area contributed by atoms with Crippen molar-refractivity contribution < 1.29 is 14.7 Å². The van der Waals surface area contributed by atoms with Crippen LogP contribution in [-0.2, 0) is 9.59 Å². The lowest BCUT2D eigenvalue weighted by Crippen LogP contribution is -2.27. The van der Waals surface area contributed by atoms with Crippen molar-refractivity contribution in [3.8, 4) is 0 Å². The summed E-state index contributed by atoms with van der Waals surface area (Å²) in [6.07, 6.45) is 7.41. The second kappa shape index (κ2) is 10.9. The van der Waals surface area contributed by atoms with E-state index < -0.39 is 5.97 Å². The summed E-state index contributed by atoms with van der Waals surface area (Å²) in [6, 6.07) is 12.7. The first-order valence-corrected chi connectivity index (χ1v) is 11.5. The minimum Gasteiger partial charge on any atom is -0.477 e. The van der Waals surface area contributed by atoms with Crippen molar-refractivity contribution in [1.29, 1.82) is 0 Å². The van der Waals surface area contributed by atoms with Crippen LogP contribution in [0, 0.1) is 5.92 Å². The molecule has 4 nitrogen and oxygen atoms in total. The largest absolute Gasteiger partial charge is 0.477 e. The Labute approximate surface area is 190 Å². The number of carbonyl (C=O) groups excluding carboxylic acids is 1. The van der Waals surface area contributed by atoms with Gasteiger partial charge in [0.15, 0.2) is 0 Å². The molecule has 0 bridgehead atoms. The number of rotatable bonds is 8. The number of carboxylic acid groups (broad SMARTS) is 1. The summed E-state index contributed by atoms with van der Waals surface area (Å²) in [4.78, 5) is 25.4. The minimum atomic E-state index is -1.16. The Morgan fingerprint density at radius 1 is 1.07 bits per heavy atom. The third-order valence-corrected chi connectivity index (χ3v) is 7.09. The van der Waals surface area contributed by atoms with Crippen molar-refractivity contribution in [2.24, 2.45) is 5.92 Å². The van der Waals surface area contributed by atoms with E-state index >= 15 is 0 Å². The summed E-state index contributed by atoms with van der Waals surface area (Å²) in [5, 5.41) is 13.1. The molecular weight excluding hydrogens is 441 g/mol. The average molecular weight is 464 g/mol.